The van der Waals surface area contributed by atoms with Gasteiger partial charge in [-0.05, 0) is 56.5 Å². The second-order valence-electron chi connectivity index (χ2n) is 8.64. The molecule has 1 fully saturated rings. The Morgan fingerprint density at radius 1 is 1.06 bits per heavy atom. The number of hydrogen-bond donors (Lipinski definition) is 3. The summed E-state index contributed by atoms with van der Waals surface area (Å²) in [7, 11) is 0. The lowest BCUT2D eigenvalue weighted by Gasteiger charge is -2.27. The zero-order valence-corrected chi connectivity index (χ0v) is 20.7. The Labute approximate surface area is 206 Å². The first-order valence-electron chi connectivity index (χ1n) is 11.2. The molecule has 34 heavy (non-hydrogen) atoms. The predicted molar refractivity (Wildman–Crippen MR) is 137 cm³/mol. The summed E-state index contributed by atoms with van der Waals surface area (Å²) in [6.07, 6.45) is 2.85. The Balaban J connectivity index is 1.37. The van der Waals surface area contributed by atoms with Gasteiger partial charge in [-0.1, -0.05) is 42.3 Å². The summed E-state index contributed by atoms with van der Waals surface area (Å²) in [5.74, 6) is -2.13. The maximum atomic E-state index is 12.8. The molecule has 1 saturated carbocycles. The van der Waals surface area contributed by atoms with Gasteiger partial charge >= 0.3 is 5.97 Å². The van der Waals surface area contributed by atoms with Gasteiger partial charge in [0.15, 0.2) is 4.34 Å². The number of carbonyl (C=O) groups is 3. The molecule has 0 aliphatic heterocycles. The number of amides is 2. The van der Waals surface area contributed by atoms with Crippen LogP contribution in [0, 0.1) is 25.7 Å². The van der Waals surface area contributed by atoms with Crippen molar-refractivity contribution < 1.29 is 19.5 Å². The van der Waals surface area contributed by atoms with E-state index in [-0.39, 0.29) is 17.6 Å². The Morgan fingerprint density at radius 2 is 1.82 bits per heavy atom. The van der Waals surface area contributed by atoms with E-state index in [1.54, 1.807) is 6.07 Å². The van der Waals surface area contributed by atoms with E-state index in [2.05, 4.69) is 15.6 Å². The SMILES string of the molecule is Cc1ccc(NC(=O)CSc2nc3ccc(NC(=O)[C@H]4CCCC[C@@H]4C(=O)O)cc3s2)c(C)c1. The molecule has 2 atom stereocenters. The minimum atomic E-state index is -0.902. The zero-order valence-electron chi connectivity index (χ0n) is 19.1. The lowest BCUT2D eigenvalue weighted by atomic mass is 9.78. The molecule has 0 bridgehead atoms. The summed E-state index contributed by atoms with van der Waals surface area (Å²) >= 11 is 2.83. The minimum absolute atomic E-state index is 0.0929. The first-order valence-corrected chi connectivity index (χ1v) is 13.0. The third-order valence-electron chi connectivity index (χ3n) is 6.04. The Kier molecular flexibility index (Phi) is 7.53. The van der Waals surface area contributed by atoms with Gasteiger partial charge in [-0.2, -0.15) is 0 Å². The van der Waals surface area contributed by atoms with Crippen molar-refractivity contribution in [2.45, 2.75) is 43.9 Å². The summed E-state index contributed by atoms with van der Waals surface area (Å²) in [4.78, 5) is 41.3. The number of aliphatic carboxylic acids is 1. The van der Waals surface area contributed by atoms with E-state index >= 15 is 0 Å². The Bertz CT molecular complexity index is 1240. The molecule has 9 heteroatoms. The molecule has 1 aliphatic carbocycles. The van der Waals surface area contributed by atoms with Crippen molar-refractivity contribution in [2.24, 2.45) is 11.8 Å². The average molecular weight is 498 g/mol. The number of benzene rings is 2. The molecule has 0 radical (unpaired) electrons. The van der Waals surface area contributed by atoms with E-state index in [9.17, 15) is 19.5 Å². The number of fused-ring (bicyclic) bond motifs is 1. The fourth-order valence-corrected chi connectivity index (χ4v) is 6.19. The van der Waals surface area contributed by atoms with Gasteiger partial charge in [-0.15, -0.1) is 11.3 Å². The molecule has 3 N–H and O–H groups in total. The van der Waals surface area contributed by atoms with Crippen LogP contribution in [-0.2, 0) is 14.4 Å². The highest BCUT2D eigenvalue weighted by molar-refractivity contribution is 8.01. The molecule has 0 unspecified atom stereocenters. The number of thiazole rings is 1. The molecular weight excluding hydrogens is 470 g/mol. The number of carbonyl (C=O) groups excluding carboxylic acids is 2. The van der Waals surface area contributed by atoms with Crippen molar-refractivity contribution in [3.05, 3.63) is 47.5 Å². The maximum Gasteiger partial charge on any atom is 0.307 e. The van der Waals surface area contributed by atoms with Gasteiger partial charge in [0.1, 0.15) is 0 Å². The highest BCUT2D eigenvalue weighted by Crippen LogP contribution is 2.34. The topological polar surface area (TPSA) is 108 Å². The van der Waals surface area contributed by atoms with E-state index in [4.69, 9.17) is 0 Å². The quantitative estimate of drug-likeness (QED) is 0.373. The third-order valence-corrected chi connectivity index (χ3v) is 8.20. The van der Waals surface area contributed by atoms with Crippen molar-refractivity contribution in [3.8, 4) is 0 Å². The van der Waals surface area contributed by atoms with E-state index in [1.165, 1.54) is 23.1 Å². The summed E-state index contributed by atoms with van der Waals surface area (Å²) in [6.45, 7) is 3.98. The van der Waals surface area contributed by atoms with Crippen molar-refractivity contribution in [2.75, 3.05) is 16.4 Å². The van der Waals surface area contributed by atoms with Gasteiger partial charge in [-0.25, -0.2) is 4.98 Å². The van der Waals surface area contributed by atoms with Gasteiger partial charge in [-0.3, -0.25) is 14.4 Å². The summed E-state index contributed by atoms with van der Waals surface area (Å²) < 4.78 is 1.67. The number of nitrogens with one attached hydrogen (secondary N) is 2. The van der Waals surface area contributed by atoms with Crippen LogP contribution in [0.4, 0.5) is 11.4 Å². The standard InChI is InChI=1S/C25H27N3O4S2/c1-14-7-9-19(15(2)11-14)27-22(29)13-33-25-28-20-10-8-16(12-21(20)34-25)26-23(30)17-5-3-4-6-18(17)24(31)32/h7-12,17-18H,3-6,13H2,1-2H3,(H,26,30)(H,27,29)(H,31,32)/t17-,18-/m0/s1. The number of rotatable bonds is 7. The molecular formula is C25H27N3O4S2. The number of hydrogen-bond acceptors (Lipinski definition) is 6. The van der Waals surface area contributed by atoms with Crippen molar-refractivity contribution in [3.63, 3.8) is 0 Å². The van der Waals surface area contributed by atoms with Crippen molar-refractivity contribution in [1.29, 1.82) is 0 Å². The van der Waals surface area contributed by atoms with Gasteiger partial charge in [0.25, 0.3) is 0 Å². The first kappa shape index (κ1) is 24.2. The van der Waals surface area contributed by atoms with E-state index < -0.39 is 17.8 Å². The molecule has 1 aliphatic rings. The normalized spacial score (nSPS) is 17.9. The fourth-order valence-electron chi connectivity index (χ4n) is 4.29. The molecule has 2 aromatic carbocycles. The molecule has 1 aromatic heterocycles. The monoisotopic (exact) mass is 497 g/mol. The van der Waals surface area contributed by atoms with E-state index in [1.807, 2.05) is 44.2 Å². The van der Waals surface area contributed by atoms with Crippen LogP contribution in [0.3, 0.4) is 0 Å². The highest BCUT2D eigenvalue weighted by atomic mass is 32.2. The second-order valence-corrected chi connectivity index (χ2v) is 10.9. The first-order chi connectivity index (χ1) is 16.3. The van der Waals surface area contributed by atoms with Gasteiger partial charge in [0.05, 0.1) is 27.8 Å². The number of aryl methyl sites for hydroxylation is 2. The minimum Gasteiger partial charge on any atom is -0.481 e. The van der Waals surface area contributed by atoms with Crippen LogP contribution in [0.15, 0.2) is 40.7 Å². The average Bonchev–Trinajstić information content (AvgIpc) is 3.22. The molecule has 2 amide bonds. The molecule has 178 valence electrons. The fraction of sp³-hybridized carbons (Fsp3) is 0.360. The second kappa shape index (κ2) is 10.6. The molecule has 4 rings (SSSR count). The van der Waals surface area contributed by atoms with Crippen molar-refractivity contribution in [1.82, 2.24) is 4.98 Å². The molecule has 7 nitrogen and oxygen atoms in total. The zero-order chi connectivity index (χ0) is 24.2. The van der Waals surface area contributed by atoms with Gasteiger partial charge in [0, 0.05) is 11.4 Å². The van der Waals surface area contributed by atoms with Crippen LogP contribution < -0.4 is 10.6 Å². The van der Waals surface area contributed by atoms with Crippen LogP contribution >= 0.6 is 23.1 Å². The summed E-state index contributed by atoms with van der Waals surface area (Å²) in [5.41, 5.74) is 4.40. The Hall–Kier alpha value is -2.91. The van der Waals surface area contributed by atoms with Gasteiger partial charge < -0.3 is 15.7 Å². The van der Waals surface area contributed by atoms with Crippen LogP contribution in [0.2, 0.25) is 0 Å². The Morgan fingerprint density at radius 3 is 2.56 bits per heavy atom. The third kappa shape index (κ3) is 5.77. The molecule has 0 spiro atoms. The number of thioether (sulfide) groups is 1. The maximum absolute atomic E-state index is 12.8. The largest absolute Gasteiger partial charge is 0.481 e. The van der Waals surface area contributed by atoms with E-state index in [0.717, 1.165) is 44.2 Å². The van der Waals surface area contributed by atoms with E-state index in [0.29, 0.717) is 18.5 Å². The lowest BCUT2D eigenvalue weighted by molar-refractivity contribution is -0.147. The summed E-state index contributed by atoms with van der Waals surface area (Å²) in [6, 6.07) is 11.4. The number of aromatic nitrogens is 1. The van der Waals surface area contributed by atoms with Gasteiger partial charge in [0.2, 0.25) is 11.8 Å². The smallest absolute Gasteiger partial charge is 0.307 e. The molecule has 0 saturated heterocycles. The number of carboxylic acids is 1. The predicted octanol–water partition coefficient (Wildman–Crippen LogP) is 5.47. The summed E-state index contributed by atoms with van der Waals surface area (Å²) in [5, 5.41) is 15.3. The number of anilines is 2. The molecule has 3 aromatic rings. The molecule has 1 heterocycles. The highest BCUT2D eigenvalue weighted by Gasteiger charge is 2.35. The van der Waals surface area contributed by atoms with Crippen molar-refractivity contribution >= 4 is 62.5 Å². The number of nitrogens with zero attached hydrogens (tertiary/aromatic N) is 1. The van der Waals surface area contributed by atoms with Crippen LogP contribution in [0.25, 0.3) is 10.2 Å². The lowest BCUT2D eigenvalue weighted by Crippen LogP contribution is -2.36. The number of carboxylic acid groups (broad SMARTS) is 1. The van der Waals surface area contributed by atoms with Crippen LogP contribution in [0.1, 0.15) is 36.8 Å². The van der Waals surface area contributed by atoms with Crippen LogP contribution in [-0.4, -0.2) is 33.6 Å². The van der Waals surface area contributed by atoms with Crippen LogP contribution in [0.5, 0.6) is 0 Å².